The van der Waals surface area contributed by atoms with Crippen LogP contribution < -0.4 is 15.5 Å². The summed E-state index contributed by atoms with van der Waals surface area (Å²) in [4.78, 5) is 29.1. The second kappa shape index (κ2) is 11.6. The number of thiocarbonyl (C=S) groups is 1. The lowest BCUT2D eigenvalue weighted by Gasteiger charge is -2.37. The van der Waals surface area contributed by atoms with E-state index in [-0.39, 0.29) is 16.9 Å². The van der Waals surface area contributed by atoms with Gasteiger partial charge in [0.2, 0.25) is 5.91 Å². The Hall–Kier alpha value is -3.68. The quantitative estimate of drug-likeness (QED) is 0.385. The zero-order valence-corrected chi connectivity index (χ0v) is 20.6. The zero-order valence-electron chi connectivity index (χ0n) is 19.0. The molecular formula is C27H25ClN4O2S. The van der Waals surface area contributed by atoms with Gasteiger partial charge in [-0.05, 0) is 60.3 Å². The van der Waals surface area contributed by atoms with Gasteiger partial charge in [0.25, 0.3) is 5.91 Å². The Balaban J connectivity index is 1.34. The smallest absolute Gasteiger partial charge is 0.253 e. The molecule has 0 bridgehead atoms. The molecule has 0 radical (unpaired) electrons. The number of benzene rings is 3. The van der Waals surface area contributed by atoms with Crippen LogP contribution in [-0.2, 0) is 4.79 Å². The fourth-order valence-electron chi connectivity index (χ4n) is 3.82. The maximum absolute atomic E-state index is 12.8. The van der Waals surface area contributed by atoms with Crippen LogP contribution in [0.1, 0.15) is 15.9 Å². The number of nitrogens with zero attached hydrogens (tertiary/aromatic N) is 2. The van der Waals surface area contributed by atoms with E-state index in [4.69, 9.17) is 23.8 Å². The fraction of sp³-hybridized carbons (Fsp3) is 0.148. The van der Waals surface area contributed by atoms with Crippen LogP contribution in [0, 0.1) is 0 Å². The van der Waals surface area contributed by atoms with E-state index in [1.54, 1.807) is 30.3 Å². The van der Waals surface area contributed by atoms with Crippen molar-refractivity contribution in [1.82, 2.24) is 10.2 Å². The average Bonchev–Trinajstić information content (AvgIpc) is 2.88. The molecular weight excluding hydrogens is 480 g/mol. The van der Waals surface area contributed by atoms with Crippen LogP contribution in [0.25, 0.3) is 6.08 Å². The average molecular weight is 505 g/mol. The van der Waals surface area contributed by atoms with Gasteiger partial charge in [0.1, 0.15) is 0 Å². The Morgan fingerprint density at radius 3 is 2.23 bits per heavy atom. The van der Waals surface area contributed by atoms with Gasteiger partial charge in [-0.15, -0.1) is 0 Å². The first kappa shape index (κ1) is 24.4. The minimum Gasteiger partial charge on any atom is -0.366 e. The monoisotopic (exact) mass is 504 g/mol. The standard InChI is InChI=1S/C27H25ClN4O2S/c28-22-13-11-21(12-14-22)26(34)32-18-16-31(17-19-32)24-9-5-4-8-23(24)29-27(35)30-25(33)15-10-20-6-2-1-3-7-20/h1-15H,16-19H2,(H2,29,30,33,35)/b15-10+. The normalized spacial score (nSPS) is 13.5. The first-order valence-corrected chi connectivity index (χ1v) is 12.0. The first-order valence-electron chi connectivity index (χ1n) is 11.2. The summed E-state index contributed by atoms with van der Waals surface area (Å²) in [5.41, 5.74) is 3.32. The summed E-state index contributed by atoms with van der Waals surface area (Å²) < 4.78 is 0. The molecule has 8 heteroatoms. The van der Waals surface area contributed by atoms with Crippen LogP contribution in [0.5, 0.6) is 0 Å². The van der Waals surface area contributed by atoms with Crippen LogP contribution in [0.2, 0.25) is 5.02 Å². The fourth-order valence-corrected chi connectivity index (χ4v) is 4.16. The maximum Gasteiger partial charge on any atom is 0.253 e. The molecule has 0 atom stereocenters. The predicted octanol–water partition coefficient (Wildman–Crippen LogP) is 4.83. The number of rotatable bonds is 5. The third-order valence-electron chi connectivity index (χ3n) is 5.61. The summed E-state index contributed by atoms with van der Waals surface area (Å²) in [6.45, 7) is 2.55. The highest BCUT2D eigenvalue weighted by Crippen LogP contribution is 2.27. The molecule has 0 spiro atoms. The summed E-state index contributed by atoms with van der Waals surface area (Å²) in [6.07, 6.45) is 3.18. The molecule has 3 aromatic rings. The molecule has 6 nitrogen and oxygen atoms in total. The number of carbonyl (C=O) groups is 2. The molecule has 1 aliphatic heterocycles. The summed E-state index contributed by atoms with van der Waals surface area (Å²) in [7, 11) is 0. The van der Waals surface area contributed by atoms with Gasteiger partial charge in [0.05, 0.1) is 11.4 Å². The first-order chi connectivity index (χ1) is 17.0. The third-order valence-corrected chi connectivity index (χ3v) is 6.07. The van der Waals surface area contributed by atoms with Crippen molar-refractivity contribution in [3.63, 3.8) is 0 Å². The van der Waals surface area contributed by atoms with E-state index in [1.165, 1.54) is 6.08 Å². The molecule has 1 heterocycles. The van der Waals surface area contributed by atoms with Gasteiger partial charge >= 0.3 is 0 Å². The van der Waals surface area contributed by atoms with E-state index in [2.05, 4.69) is 15.5 Å². The molecule has 178 valence electrons. The molecule has 1 fully saturated rings. The van der Waals surface area contributed by atoms with Crippen LogP contribution in [0.4, 0.5) is 11.4 Å². The summed E-state index contributed by atoms with van der Waals surface area (Å²) >= 11 is 11.3. The lowest BCUT2D eigenvalue weighted by atomic mass is 10.1. The number of anilines is 2. The molecule has 0 aromatic heterocycles. The molecule has 2 amide bonds. The van der Waals surface area contributed by atoms with Gasteiger partial charge in [0.15, 0.2) is 5.11 Å². The molecule has 1 saturated heterocycles. The Bertz CT molecular complexity index is 1220. The van der Waals surface area contributed by atoms with Crippen LogP contribution in [0.15, 0.2) is 84.9 Å². The van der Waals surface area contributed by atoms with Crippen molar-refractivity contribution in [3.8, 4) is 0 Å². The number of nitrogens with one attached hydrogen (secondary N) is 2. The molecule has 3 aromatic carbocycles. The highest BCUT2D eigenvalue weighted by Gasteiger charge is 2.23. The minimum absolute atomic E-state index is 0.000162. The van der Waals surface area contributed by atoms with Gasteiger partial charge in [-0.2, -0.15) is 0 Å². The van der Waals surface area contributed by atoms with E-state index >= 15 is 0 Å². The van der Waals surface area contributed by atoms with Gasteiger partial charge in [-0.1, -0.05) is 54.1 Å². The number of piperazine rings is 1. The Kier molecular flexibility index (Phi) is 8.13. The topological polar surface area (TPSA) is 64.7 Å². The lowest BCUT2D eigenvalue weighted by molar-refractivity contribution is -0.115. The van der Waals surface area contributed by atoms with Crippen molar-refractivity contribution in [2.45, 2.75) is 0 Å². The number of halogens is 1. The molecule has 35 heavy (non-hydrogen) atoms. The van der Waals surface area contributed by atoms with Crippen LogP contribution >= 0.6 is 23.8 Å². The summed E-state index contributed by atoms with van der Waals surface area (Å²) in [5.74, 6) is -0.307. The minimum atomic E-state index is -0.307. The maximum atomic E-state index is 12.8. The number of para-hydroxylation sites is 2. The van der Waals surface area contributed by atoms with E-state index in [0.717, 1.165) is 16.9 Å². The number of hydrogen-bond donors (Lipinski definition) is 2. The highest BCUT2D eigenvalue weighted by atomic mass is 35.5. The summed E-state index contributed by atoms with van der Waals surface area (Å²) in [6, 6.07) is 24.3. The molecule has 1 aliphatic rings. The Morgan fingerprint density at radius 1 is 0.857 bits per heavy atom. The molecule has 0 saturated carbocycles. The molecule has 0 aliphatic carbocycles. The molecule has 2 N–H and O–H groups in total. The van der Waals surface area contributed by atoms with Crippen molar-refractivity contribution in [3.05, 3.63) is 101 Å². The SMILES string of the molecule is O=C(/C=C/c1ccccc1)NC(=S)Nc1ccccc1N1CCN(C(=O)c2ccc(Cl)cc2)CC1. The second-order valence-electron chi connectivity index (χ2n) is 7.99. The number of hydrogen-bond acceptors (Lipinski definition) is 4. The largest absolute Gasteiger partial charge is 0.366 e. The summed E-state index contributed by atoms with van der Waals surface area (Å²) in [5, 5.41) is 6.65. The van der Waals surface area contributed by atoms with E-state index < -0.39 is 0 Å². The lowest BCUT2D eigenvalue weighted by Crippen LogP contribution is -2.49. The second-order valence-corrected chi connectivity index (χ2v) is 8.84. The third kappa shape index (κ3) is 6.68. The van der Waals surface area contributed by atoms with E-state index in [0.29, 0.717) is 36.8 Å². The van der Waals surface area contributed by atoms with Crippen molar-refractivity contribution in [1.29, 1.82) is 0 Å². The highest BCUT2D eigenvalue weighted by molar-refractivity contribution is 7.80. The predicted molar refractivity (Wildman–Crippen MR) is 146 cm³/mol. The molecule has 4 rings (SSSR count). The van der Waals surface area contributed by atoms with Gasteiger partial charge in [0, 0.05) is 42.8 Å². The zero-order chi connectivity index (χ0) is 24.6. The Morgan fingerprint density at radius 2 is 1.51 bits per heavy atom. The van der Waals surface area contributed by atoms with Gasteiger partial charge in [-0.25, -0.2) is 0 Å². The van der Waals surface area contributed by atoms with Crippen molar-refractivity contribution in [2.75, 3.05) is 36.4 Å². The van der Waals surface area contributed by atoms with E-state index in [1.807, 2.05) is 59.5 Å². The number of carbonyl (C=O) groups excluding carboxylic acids is 2. The molecule has 0 unspecified atom stereocenters. The van der Waals surface area contributed by atoms with Gasteiger partial charge < -0.3 is 15.1 Å². The van der Waals surface area contributed by atoms with Crippen LogP contribution in [-0.4, -0.2) is 48.0 Å². The number of amides is 2. The van der Waals surface area contributed by atoms with Gasteiger partial charge in [-0.3, -0.25) is 14.9 Å². The van der Waals surface area contributed by atoms with Crippen molar-refractivity contribution < 1.29 is 9.59 Å². The van der Waals surface area contributed by atoms with E-state index in [9.17, 15) is 9.59 Å². The van der Waals surface area contributed by atoms with Crippen LogP contribution in [0.3, 0.4) is 0 Å². The van der Waals surface area contributed by atoms with Crippen molar-refractivity contribution >= 4 is 58.2 Å². The Labute approximate surface area is 215 Å². The van der Waals surface area contributed by atoms with Crippen molar-refractivity contribution in [2.24, 2.45) is 0 Å².